The van der Waals surface area contributed by atoms with Crippen LogP contribution in [-0.2, 0) is 11.3 Å². The van der Waals surface area contributed by atoms with Crippen molar-refractivity contribution in [2.45, 2.75) is 24.2 Å². The number of amides is 1. The molecule has 0 spiro atoms. The SMILES string of the molecule is O=C1C(Br)CCN1CCCn1cccn1. The molecule has 0 aromatic carbocycles. The molecule has 1 aromatic rings. The Morgan fingerprint density at radius 1 is 1.53 bits per heavy atom. The lowest BCUT2D eigenvalue weighted by atomic mass is 10.4. The van der Waals surface area contributed by atoms with E-state index in [1.54, 1.807) is 6.20 Å². The Labute approximate surface area is 97.4 Å². The molecule has 1 fully saturated rings. The highest BCUT2D eigenvalue weighted by atomic mass is 79.9. The van der Waals surface area contributed by atoms with Crippen molar-refractivity contribution in [2.75, 3.05) is 13.1 Å². The summed E-state index contributed by atoms with van der Waals surface area (Å²) in [5.74, 6) is 0.232. The number of aryl methyl sites for hydroxylation is 1. The molecule has 0 N–H and O–H groups in total. The number of aromatic nitrogens is 2. The number of halogens is 1. The molecule has 2 heterocycles. The fourth-order valence-electron chi connectivity index (χ4n) is 1.78. The molecule has 0 aliphatic carbocycles. The quantitative estimate of drug-likeness (QED) is 0.774. The van der Waals surface area contributed by atoms with Gasteiger partial charge in [-0.25, -0.2) is 0 Å². The average molecular weight is 272 g/mol. The van der Waals surface area contributed by atoms with E-state index in [1.165, 1.54) is 0 Å². The minimum absolute atomic E-state index is 0.0437. The van der Waals surface area contributed by atoms with Gasteiger partial charge in [0, 0.05) is 32.0 Å². The summed E-state index contributed by atoms with van der Waals surface area (Å²) in [7, 11) is 0. The van der Waals surface area contributed by atoms with Crippen molar-refractivity contribution in [3.8, 4) is 0 Å². The third kappa shape index (κ3) is 2.59. The number of hydrogen-bond donors (Lipinski definition) is 0. The molecular formula is C10H14BrN3O. The Morgan fingerprint density at radius 3 is 3.00 bits per heavy atom. The number of likely N-dealkylation sites (tertiary alicyclic amines) is 1. The summed E-state index contributed by atoms with van der Waals surface area (Å²) in [5.41, 5.74) is 0. The van der Waals surface area contributed by atoms with Gasteiger partial charge in [-0.15, -0.1) is 0 Å². The van der Waals surface area contributed by atoms with Crippen LogP contribution in [0.1, 0.15) is 12.8 Å². The van der Waals surface area contributed by atoms with Crippen molar-refractivity contribution in [3.05, 3.63) is 18.5 Å². The van der Waals surface area contributed by atoms with Gasteiger partial charge in [-0.05, 0) is 18.9 Å². The molecule has 82 valence electrons. The van der Waals surface area contributed by atoms with Gasteiger partial charge in [0.2, 0.25) is 5.91 Å². The molecule has 1 unspecified atom stereocenters. The van der Waals surface area contributed by atoms with Gasteiger partial charge in [-0.2, -0.15) is 5.10 Å². The molecule has 1 aliphatic heterocycles. The first-order valence-electron chi connectivity index (χ1n) is 5.17. The maximum absolute atomic E-state index is 11.6. The molecular weight excluding hydrogens is 258 g/mol. The standard InChI is InChI=1S/C10H14BrN3O/c11-9-3-8-13(10(9)15)5-2-7-14-6-1-4-12-14/h1,4,6,9H,2-3,5,7-8H2. The second-order valence-electron chi connectivity index (χ2n) is 3.70. The third-order valence-corrected chi connectivity index (χ3v) is 3.46. The Morgan fingerprint density at radius 2 is 2.40 bits per heavy atom. The zero-order valence-corrected chi connectivity index (χ0v) is 10.1. The van der Waals surface area contributed by atoms with E-state index < -0.39 is 0 Å². The molecule has 2 rings (SSSR count). The summed E-state index contributed by atoms with van der Waals surface area (Å²) in [6.45, 7) is 2.60. The van der Waals surface area contributed by atoms with Crippen LogP contribution in [0.25, 0.3) is 0 Å². The fraction of sp³-hybridized carbons (Fsp3) is 0.600. The van der Waals surface area contributed by atoms with Crippen molar-refractivity contribution < 1.29 is 4.79 Å². The van der Waals surface area contributed by atoms with Crippen molar-refractivity contribution in [1.82, 2.24) is 14.7 Å². The van der Waals surface area contributed by atoms with E-state index in [9.17, 15) is 4.79 Å². The van der Waals surface area contributed by atoms with Crippen molar-refractivity contribution in [2.24, 2.45) is 0 Å². The molecule has 4 nitrogen and oxygen atoms in total. The van der Waals surface area contributed by atoms with Gasteiger partial charge in [-0.1, -0.05) is 15.9 Å². The normalized spacial score (nSPS) is 21.3. The number of rotatable bonds is 4. The predicted molar refractivity (Wildman–Crippen MR) is 60.8 cm³/mol. The van der Waals surface area contributed by atoms with E-state index >= 15 is 0 Å². The molecule has 0 saturated carbocycles. The molecule has 1 aromatic heterocycles. The van der Waals surface area contributed by atoms with Crippen LogP contribution in [0.2, 0.25) is 0 Å². The minimum Gasteiger partial charge on any atom is -0.342 e. The van der Waals surface area contributed by atoms with Crippen LogP contribution in [0.3, 0.4) is 0 Å². The van der Waals surface area contributed by atoms with Crippen molar-refractivity contribution in [3.63, 3.8) is 0 Å². The van der Waals surface area contributed by atoms with Crippen LogP contribution >= 0.6 is 15.9 Å². The highest BCUT2D eigenvalue weighted by Gasteiger charge is 2.28. The van der Waals surface area contributed by atoms with Crippen molar-refractivity contribution in [1.29, 1.82) is 0 Å². The largest absolute Gasteiger partial charge is 0.342 e. The minimum atomic E-state index is 0.0437. The Hall–Kier alpha value is -0.840. The summed E-state index contributed by atoms with van der Waals surface area (Å²) in [4.78, 5) is 13.5. The van der Waals surface area contributed by atoms with Crippen LogP contribution in [0.15, 0.2) is 18.5 Å². The summed E-state index contributed by atoms with van der Waals surface area (Å²) in [6.07, 6.45) is 5.61. The Balaban J connectivity index is 1.73. The first-order valence-corrected chi connectivity index (χ1v) is 6.09. The maximum Gasteiger partial charge on any atom is 0.236 e. The first-order chi connectivity index (χ1) is 7.27. The second-order valence-corrected chi connectivity index (χ2v) is 4.81. The summed E-state index contributed by atoms with van der Waals surface area (Å²) < 4.78 is 1.90. The zero-order valence-electron chi connectivity index (χ0n) is 8.47. The average Bonchev–Trinajstić information content (AvgIpc) is 2.83. The van der Waals surface area contributed by atoms with Gasteiger partial charge >= 0.3 is 0 Å². The second kappa shape index (κ2) is 4.79. The molecule has 5 heteroatoms. The zero-order chi connectivity index (χ0) is 10.7. The Bertz CT molecular complexity index is 325. The lowest BCUT2D eigenvalue weighted by Crippen LogP contribution is -2.29. The van der Waals surface area contributed by atoms with Gasteiger partial charge in [0.1, 0.15) is 0 Å². The van der Waals surface area contributed by atoms with E-state index in [2.05, 4.69) is 21.0 Å². The lowest BCUT2D eigenvalue weighted by Gasteiger charge is -2.15. The molecule has 1 saturated heterocycles. The molecule has 1 atom stereocenters. The van der Waals surface area contributed by atoms with Gasteiger partial charge in [0.05, 0.1) is 4.83 Å². The van der Waals surface area contributed by atoms with Gasteiger partial charge in [0.25, 0.3) is 0 Å². The molecule has 0 radical (unpaired) electrons. The van der Waals surface area contributed by atoms with E-state index in [-0.39, 0.29) is 10.7 Å². The van der Waals surface area contributed by atoms with Crippen LogP contribution in [0.5, 0.6) is 0 Å². The monoisotopic (exact) mass is 271 g/mol. The first kappa shape index (κ1) is 10.7. The molecule has 1 amide bonds. The highest BCUT2D eigenvalue weighted by molar-refractivity contribution is 9.10. The van der Waals surface area contributed by atoms with Gasteiger partial charge < -0.3 is 4.90 Å². The summed E-state index contributed by atoms with van der Waals surface area (Å²) >= 11 is 3.37. The third-order valence-electron chi connectivity index (χ3n) is 2.61. The fourth-order valence-corrected chi connectivity index (χ4v) is 2.27. The van der Waals surface area contributed by atoms with Gasteiger partial charge in [-0.3, -0.25) is 9.48 Å². The number of hydrogen-bond acceptors (Lipinski definition) is 2. The predicted octanol–water partition coefficient (Wildman–Crippen LogP) is 1.27. The van der Waals surface area contributed by atoms with E-state index in [4.69, 9.17) is 0 Å². The molecule has 1 aliphatic rings. The van der Waals surface area contributed by atoms with Gasteiger partial charge in [0.15, 0.2) is 0 Å². The molecule has 15 heavy (non-hydrogen) atoms. The number of carbonyl (C=O) groups is 1. The lowest BCUT2D eigenvalue weighted by molar-refractivity contribution is -0.127. The highest BCUT2D eigenvalue weighted by Crippen LogP contribution is 2.18. The van der Waals surface area contributed by atoms with E-state index in [0.29, 0.717) is 0 Å². The smallest absolute Gasteiger partial charge is 0.236 e. The van der Waals surface area contributed by atoms with Crippen LogP contribution in [-0.4, -0.2) is 38.5 Å². The maximum atomic E-state index is 11.6. The topological polar surface area (TPSA) is 38.1 Å². The number of nitrogens with zero attached hydrogens (tertiary/aromatic N) is 3. The summed E-state index contributed by atoms with van der Waals surface area (Å²) in [6, 6.07) is 1.91. The number of alkyl halides is 1. The summed E-state index contributed by atoms with van der Waals surface area (Å²) in [5, 5.41) is 4.12. The number of carbonyl (C=O) groups excluding carboxylic acids is 1. The van der Waals surface area contributed by atoms with Crippen LogP contribution in [0, 0.1) is 0 Å². The van der Waals surface area contributed by atoms with Crippen molar-refractivity contribution >= 4 is 21.8 Å². The van der Waals surface area contributed by atoms with E-state index in [0.717, 1.165) is 32.5 Å². The molecule has 0 bridgehead atoms. The van der Waals surface area contributed by atoms with Crippen LogP contribution in [0.4, 0.5) is 0 Å². The van der Waals surface area contributed by atoms with E-state index in [1.807, 2.05) is 21.8 Å². The Kier molecular flexibility index (Phi) is 3.41. The van der Waals surface area contributed by atoms with Crippen LogP contribution < -0.4 is 0 Å².